The van der Waals surface area contributed by atoms with E-state index < -0.39 is 11.9 Å². The predicted octanol–water partition coefficient (Wildman–Crippen LogP) is 3.60. The Balaban J connectivity index is 1.33. The highest BCUT2D eigenvalue weighted by Gasteiger charge is 2.25. The minimum atomic E-state index is -0.654. The van der Waals surface area contributed by atoms with E-state index in [1.165, 1.54) is 42.6 Å². The molecule has 1 saturated heterocycles. The Bertz CT molecular complexity index is 1190. The Hall–Kier alpha value is -4.34. The molecule has 0 spiro atoms. The maximum atomic E-state index is 13.0. The molecule has 1 fully saturated rings. The fraction of sp³-hybridized carbons (Fsp3) is 0.167. The van der Waals surface area contributed by atoms with Gasteiger partial charge >= 0.3 is 6.03 Å². The van der Waals surface area contributed by atoms with Crippen LogP contribution in [0.3, 0.4) is 0 Å². The zero-order chi connectivity index (χ0) is 24.1. The van der Waals surface area contributed by atoms with Gasteiger partial charge in [-0.15, -0.1) is 0 Å². The van der Waals surface area contributed by atoms with Gasteiger partial charge in [0.1, 0.15) is 5.82 Å². The summed E-state index contributed by atoms with van der Waals surface area (Å²) in [5, 5.41) is 5.31. The molecule has 0 saturated carbocycles. The second-order valence-electron chi connectivity index (χ2n) is 7.62. The van der Waals surface area contributed by atoms with E-state index in [-0.39, 0.29) is 23.3 Å². The fourth-order valence-corrected chi connectivity index (χ4v) is 3.48. The van der Waals surface area contributed by atoms with Gasteiger partial charge in [-0.05, 0) is 54.6 Å². The first-order valence-corrected chi connectivity index (χ1v) is 10.5. The van der Waals surface area contributed by atoms with Gasteiger partial charge in [0.15, 0.2) is 0 Å². The summed E-state index contributed by atoms with van der Waals surface area (Å²) in [7, 11) is 0. The Morgan fingerprint density at radius 1 is 0.765 bits per heavy atom. The highest BCUT2D eigenvalue weighted by atomic mass is 19.1. The normalized spacial score (nSPS) is 13.4. The average molecular weight is 465 g/mol. The number of rotatable bonds is 4. The number of nitrogens with one attached hydrogen (secondary N) is 2. The molecule has 3 aromatic rings. The standard InChI is InChI=1S/C24H21F2N5O3/c25-18-4-6-19(7-5-18)29-24(34)31-12-10-30(11-13-31)23(33)17-3-1-2-16(14-17)22(32)28-20-8-9-21(26)27-15-20/h1-9,14-15H,10-13H2,(H,28,32)(H,29,34). The van der Waals surface area contributed by atoms with Gasteiger partial charge in [-0.3, -0.25) is 9.59 Å². The Morgan fingerprint density at radius 3 is 2.09 bits per heavy atom. The molecule has 4 amide bonds. The van der Waals surface area contributed by atoms with E-state index in [0.29, 0.717) is 43.1 Å². The van der Waals surface area contributed by atoms with Crippen LogP contribution >= 0.6 is 0 Å². The molecular formula is C24H21F2N5O3. The number of amides is 4. The highest BCUT2D eigenvalue weighted by Crippen LogP contribution is 2.15. The summed E-state index contributed by atoms with van der Waals surface area (Å²) in [6.45, 7) is 1.31. The summed E-state index contributed by atoms with van der Waals surface area (Å²) in [6.07, 6.45) is 1.20. The lowest BCUT2D eigenvalue weighted by Crippen LogP contribution is -2.51. The fourth-order valence-electron chi connectivity index (χ4n) is 3.48. The molecule has 0 atom stereocenters. The van der Waals surface area contributed by atoms with E-state index in [1.807, 2.05) is 0 Å². The number of carbonyl (C=O) groups is 3. The topological polar surface area (TPSA) is 94.6 Å². The van der Waals surface area contributed by atoms with Crippen LogP contribution in [0, 0.1) is 11.8 Å². The number of benzene rings is 2. The minimum Gasteiger partial charge on any atom is -0.335 e. The van der Waals surface area contributed by atoms with Crippen LogP contribution in [0.25, 0.3) is 0 Å². The quantitative estimate of drug-likeness (QED) is 0.576. The number of carbonyl (C=O) groups excluding carboxylic acids is 3. The first-order valence-electron chi connectivity index (χ1n) is 10.5. The van der Waals surface area contributed by atoms with E-state index in [4.69, 9.17) is 0 Å². The summed E-state index contributed by atoms with van der Waals surface area (Å²) in [4.78, 5) is 44.6. The number of piperazine rings is 1. The largest absolute Gasteiger partial charge is 0.335 e. The van der Waals surface area contributed by atoms with Gasteiger partial charge < -0.3 is 20.4 Å². The van der Waals surface area contributed by atoms with Crippen LogP contribution < -0.4 is 10.6 Å². The van der Waals surface area contributed by atoms with Crippen molar-refractivity contribution in [3.63, 3.8) is 0 Å². The summed E-state index contributed by atoms with van der Waals surface area (Å²) >= 11 is 0. The van der Waals surface area contributed by atoms with Crippen molar-refractivity contribution in [3.05, 3.63) is 89.8 Å². The van der Waals surface area contributed by atoms with Gasteiger partial charge in [-0.2, -0.15) is 4.39 Å². The van der Waals surface area contributed by atoms with E-state index in [9.17, 15) is 23.2 Å². The molecule has 0 bridgehead atoms. The summed E-state index contributed by atoms with van der Waals surface area (Å²) < 4.78 is 26.0. The molecule has 0 aliphatic carbocycles. The Kier molecular flexibility index (Phi) is 6.77. The Morgan fingerprint density at radius 2 is 1.41 bits per heavy atom. The number of halogens is 2. The van der Waals surface area contributed by atoms with Crippen LogP contribution in [0.4, 0.5) is 25.0 Å². The second-order valence-corrected chi connectivity index (χ2v) is 7.62. The van der Waals surface area contributed by atoms with Crippen LogP contribution in [-0.2, 0) is 0 Å². The lowest BCUT2D eigenvalue weighted by Gasteiger charge is -2.34. The van der Waals surface area contributed by atoms with Crippen LogP contribution in [0.15, 0.2) is 66.9 Å². The third-order valence-electron chi connectivity index (χ3n) is 5.31. The molecule has 2 aromatic carbocycles. The molecule has 0 unspecified atom stereocenters. The van der Waals surface area contributed by atoms with Crippen LogP contribution in [-0.4, -0.2) is 58.8 Å². The number of anilines is 2. The lowest BCUT2D eigenvalue weighted by atomic mass is 10.1. The number of aromatic nitrogens is 1. The van der Waals surface area contributed by atoms with Crippen molar-refractivity contribution >= 4 is 29.2 Å². The van der Waals surface area contributed by atoms with Gasteiger partial charge in [-0.25, -0.2) is 14.2 Å². The zero-order valence-corrected chi connectivity index (χ0v) is 18.0. The van der Waals surface area contributed by atoms with E-state index in [0.717, 1.165) is 6.07 Å². The van der Waals surface area contributed by atoms with Crippen LogP contribution in [0.2, 0.25) is 0 Å². The molecule has 10 heteroatoms. The van der Waals surface area contributed by atoms with Crippen molar-refractivity contribution in [1.29, 1.82) is 0 Å². The molecular weight excluding hydrogens is 444 g/mol. The lowest BCUT2D eigenvalue weighted by molar-refractivity contribution is 0.0671. The number of pyridine rings is 1. The monoisotopic (exact) mass is 465 g/mol. The average Bonchev–Trinajstić information content (AvgIpc) is 2.86. The first kappa shape index (κ1) is 22.8. The first-order chi connectivity index (χ1) is 16.4. The molecule has 1 aliphatic rings. The van der Waals surface area contributed by atoms with Gasteiger partial charge in [0.05, 0.1) is 11.9 Å². The Labute approximate surface area is 194 Å². The molecule has 8 nitrogen and oxygen atoms in total. The zero-order valence-electron chi connectivity index (χ0n) is 18.0. The van der Waals surface area contributed by atoms with Gasteiger partial charge in [0.2, 0.25) is 5.95 Å². The van der Waals surface area contributed by atoms with Crippen molar-refractivity contribution in [2.24, 2.45) is 0 Å². The smallest absolute Gasteiger partial charge is 0.321 e. The molecule has 4 rings (SSSR count). The third-order valence-corrected chi connectivity index (χ3v) is 5.31. The van der Waals surface area contributed by atoms with E-state index in [2.05, 4.69) is 15.6 Å². The summed E-state index contributed by atoms with van der Waals surface area (Å²) in [6, 6.07) is 14.0. The maximum Gasteiger partial charge on any atom is 0.321 e. The molecule has 34 heavy (non-hydrogen) atoms. The maximum absolute atomic E-state index is 13.0. The molecule has 174 valence electrons. The summed E-state index contributed by atoms with van der Waals surface area (Å²) in [5.41, 5.74) is 1.43. The third kappa shape index (κ3) is 5.52. The van der Waals surface area contributed by atoms with Crippen LogP contribution in [0.1, 0.15) is 20.7 Å². The van der Waals surface area contributed by atoms with Crippen molar-refractivity contribution in [2.75, 3.05) is 36.8 Å². The van der Waals surface area contributed by atoms with Gasteiger partial charge in [0, 0.05) is 43.0 Å². The van der Waals surface area contributed by atoms with Gasteiger partial charge in [-0.1, -0.05) is 6.07 Å². The number of hydrogen-bond donors (Lipinski definition) is 2. The summed E-state index contributed by atoms with van der Waals surface area (Å²) in [5.74, 6) is -1.75. The molecule has 0 radical (unpaired) electrons. The van der Waals surface area contributed by atoms with Crippen molar-refractivity contribution < 1.29 is 23.2 Å². The van der Waals surface area contributed by atoms with Crippen molar-refractivity contribution in [1.82, 2.24) is 14.8 Å². The van der Waals surface area contributed by atoms with E-state index in [1.54, 1.807) is 28.0 Å². The molecule has 1 aliphatic heterocycles. The minimum absolute atomic E-state index is 0.253. The van der Waals surface area contributed by atoms with Crippen molar-refractivity contribution in [3.8, 4) is 0 Å². The second kappa shape index (κ2) is 10.1. The number of nitrogens with zero attached hydrogens (tertiary/aromatic N) is 3. The van der Waals surface area contributed by atoms with Gasteiger partial charge in [0.25, 0.3) is 11.8 Å². The molecule has 2 N–H and O–H groups in total. The predicted molar refractivity (Wildman–Crippen MR) is 121 cm³/mol. The molecule has 2 heterocycles. The SMILES string of the molecule is O=C(Nc1ccc(F)nc1)c1cccc(C(=O)N2CCN(C(=O)Nc3ccc(F)cc3)CC2)c1. The highest BCUT2D eigenvalue weighted by molar-refractivity contribution is 6.06. The van der Waals surface area contributed by atoms with Crippen LogP contribution in [0.5, 0.6) is 0 Å². The van der Waals surface area contributed by atoms with E-state index >= 15 is 0 Å². The van der Waals surface area contributed by atoms with Crippen molar-refractivity contribution in [2.45, 2.75) is 0 Å². The number of urea groups is 1. The number of hydrogen-bond acceptors (Lipinski definition) is 4. The molecule has 1 aromatic heterocycles.